The highest BCUT2D eigenvalue weighted by atomic mass is 32.1. The normalized spacial score (nSPS) is 17.6. The summed E-state index contributed by atoms with van der Waals surface area (Å²) in [5.41, 5.74) is 3.48. The Hall–Kier alpha value is -1.95. The van der Waals surface area contributed by atoms with Gasteiger partial charge in [-0.2, -0.15) is 5.10 Å². The van der Waals surface area contributed by atoms with Crippen molar-refractivity contribution in [2.75, 3.05) is 0 Å². The van der Waals surface area contributed by atoms with Crippen LogP contribution < -0.4 is 5.56 Å². The highest BCUT2D eigenvalue weighted by molar-refractivity contribution is 7.18. The first-order chi connectivity index (χ1) is 11.0. The van der Waals surface area contributed by atoms with Crippen LogP contribution in [0.2, 0.25) is 0 Å². The minimum atomic E-state index is 0.0882. The van der Waals surface area contributed by atoms with E-state index < -0.39 is 0 Å². The molecule has 3 aromatic rings. The lowest BCUT2D eigenvalue weighted by atomic mass is 9.89. The molecule has 0 aliphatic heterocycles. The molecule has 0 fully saturated rings. The van der Waals surface area contributed by atoms with Crippen molar-refractivity contribution < 1.29 is 0 Å². The average Bonchev–Trinajstić information content (AvgIpc) is 3.04. The lowest BCUT2D eigenvalue weighted by Gasteiger charge is -2.17. The van der Waals surface area contributed by atoms with E-state index in [1.54, 1.807) is 22.2 Å². The number of thiophene rings is 1. The van der Waals surface area contributed by atoms with E-state index in [1.807, 2.05) is 24.9 Å². The molecular formula is C17H20N4OS. The Morgan fingerprint density at radius 3 is 3.00 bits per heavy atom. The first-order valence-electron chi connectivity index (χ1n) is 8.01. The molecule has 0 spiro atoms. The minimum Gasteiger partial charge on any atom is -0.294 e. The minimum absolute atomic E-state index is 0.0882. The summed E-state index contributed by atoms with van der Waals surface area (Å²) in [4.78, 5) is 19.8. The van der Waals surface area contributed by atoms with Crippen LogP contribution in [0.5, 0.6) is 0 Å². The van der Waals surface area contributed by atoms with Gasteiger partial charge in [-0.15, -0.1) is 11.3 Å². The quantitative estimate of drug-likeness (QED) is 0.727. The van der Waals surface area contributed by atoms with Gasteiger partial charge in [0.05, 0.1) is 24.5 Å². The highest BCUT2D eigenvalue weighted by Gasteiger charge is 2.23. The molecule has 4 rings (SSSR count). The molecule has 5 nitrogen and oxygen atoms in total. The molecule has 6 heteroatoms. The third-order valence-electron chi connectivity index (χ3n) is 4.96. The molecule has 0 radical (unpaired) electrons. The number of fused-ring (bicyclic) bond motifs is 3. The molecule has 0 amide bonds. The summed E-state index contributed by atoms with van der Waals surface area (Å²) in [5, 5.41) is 5.10. The highest BCUT2D eigenvalue weighted by Crippen LogP contribution is 2.35. The molecule has 1 unspecified atom stereocenters. The van der Waals surface area contributed by atoms with Crippen molar-refractivity contribution in [3.8, 4) is 0 Å². The number of hydrogen-bond donors (Lipinski definition) is 0. The summed E-state index contributed by atoms with van der Waals surface area (Å²) >= 11 is 1.70. The van der Waals surface area contributed by atoms with Gasteiger partial charge in [0.25, 0.3) is 5.56 Å². The third-order valence-corrected chi connectivity index (χ3v) is 6.12. The molecule has 23 heavy (non-hydrogen) atoms. The van der Waals surface area contributed by atoms with E-state index in [4.69, 9.17) is 0 Å². The van der Waals surface area contributed by atoms with Crippen LogP contribution in [0.3, 0.4) is 0 Å². The van der Waals surface area contributed by atoms with E-state index in [2.05, 4.69) is 17.0 Å². The van der Waals surface area contributed by atoms with Gasteiger partial charge < -0.3 is 0 Å². The van der Waals surface area contributed by atoms with Gasteiger partial charge in [-0.3, -0.25) is 14.0 Å². The number of rotatable bonds is 2. The molecular weight excluding hydrogens is 308 g/mol. The van der Waals surface area contributed by atoms with Crippen molar-refractivity contribution in [2.24, 2.45) is 13.0 Å². The van der Waals surface area contributed by atoms with Crippen molar-refractivity contribution >= 4 is 21.6 Å². The van der Waals surface area contributed by atoms with Crippen molar-refractivity contribution in [1.29, 1.82) is 0 Å². The van der Waals surface area contributed by atoms with Gasteiger partial charge in [0, 0.05) is 23.2 Å². The Balaban J connectivity index is 1.82. The molecule has 1 aliphatic rings. The van der Waals surface area contributed by atoms with E-state index in [-0.39, 0.29) is 5.56 Å². The maximum absolute atomic E-state index is 13.0. The van der Waals surface area contributed by atoms with Gasteiger partial charge in [0.1, 0.15) is 4.83 Å². The molecule has 0 N–H and O–H groups in total. The first kappa shape index (κ1) is 14.6. The van der Waals surface area contributed by atoms with Crippen molar-refractivity contribution in [3.63, 3.8) is 0 Å². The summed E-state index contributed by atoms with van der Waals surface area (Å²) in [5.74, 6) is 0.704. The lowest BCUT2D eigenvalue weighted by molar-refractivity contribution is 0.509. The van der Waals surface area contributed by atoms with Gasteiger partial charge in [-0.25, -0.2) is 4.98 Å². The zero-order valence-corrected chi connectivity index (χ0v) is 14.5. The van der Waals surface area contributed by atoms with Gasteiger partial charge in [0.2, 0.25) is 0 Å². The number of nitrogens with zero attached hydrogens (tertiary/aromatic N) is 4. The molecule has 3 heterocycles. The molecule has 0 aromatic carbocycles. The Morgan fingerprint density at radius 2 is 2.26 bits per heavy atom. The topological polar surface area (TPSA) is 52.7 Å². The smallest absolute Gasteiger partial charge is 0.262 e. The predicted octanol–water partition coefficient (Wildman–Crippen LogP) is 2.67. The van der Waals surface area contributed by atoms with E-state index >= 15 is 0 Å². The number of aromatic nitrogens is 4. The summed E-state index contributed by atoms with van der Waals surface area (Å²) < 4.78 is 3.55. The lowest BCUT2D eigenvalue weighted by Crippen LogP contribution is -2.22. The zero-order chi connectivity index (χ0) is 16.1. The van der Waals surface area contributed by atoms with Crippen molar-refractivity contribution in [2.45, 2.75) is 39.7 Å². The maximum atomic E-state index is 13.0. The second-order valence-corrected chi connectivity index (χ2v) is 7.67. The van der Waals surface area contributed by atoms with Crippen LogP contribution >= 0.6 is 11.3 Å². The van der Waals surface area contributed by atoms with Gasteiger partial charge in [-0.05, 0) is 37.7 Å². The largest absolute Gasteiger partial charge is 0.294 e. The van der Waals surface area contributed by atoms with E-state index in [1.165, 1.54) is 10.4 Å². The fourth-order valence-corrected chi connectivity index (χ4v) is 4.70. The second-order valence-electron chi connectivity index (χ2n) is 6.59. The van der Waals surface area contributed by atoms with Crippen LogP contribution in [0.15, 0.2) is 17.3 Å². The Morgan fingerprint density at radius 1 is 1.43 bits per heavy atom. The fourth-order valence-electron chi connectivity index (χ4n) is 3.36. The molecule has 0 saturated heterocycles. The summed E-state index contributed by atoms with van der Waals surface area (Å²) in [6, 6.07) is 0. The van der Waals surface area contributed by atoms with Gasteiger partial charge in [0.15, 0.2) is 0 Å². The Bertz CT molecular complexity index is 950. The van der Waals surface area contributed by atoms with Gasteiger partial charge in [-0.1, -0.05) is 6.92 Å². The molecule has 1 aliphatic carbocycles. The van der Waals surface area contributed by atoms with Crippen LogP contribution in [-0.2, 0) is 26.4 Å². The molecule has 0 saturated carbocycles. The second kappa shape index (κ2) is 5.30. The molecule has 3 aromatic heterocycles. The monoisotopic (exact) mass is 328 g/mol. The fraction of sp³-hybridized carbons (Fsp3) is 0.471. The van der Waals surface area contributed by atoms with Crippen LogP contribution in [0.25, 0.3) is 10.2 Å². The summed E-state index contributed by atoms with van der Waals surface area (Å²) in [7, 11) is 1.92. The van der Waals surface area contributed by atoms with Crippen LogP contribution in [0, 0.1) is 12.8 Å². The summed E-state index contributed by atoms with van der Waals surface area (Å²) in [6.45, 7) is 4.83. The number of hydrogen-bond acceptors (Lipinski definition) is 4. The van der Waals surface area contributed by atoms with Gasteiger partial charge >= 0.3 is 0 Å². The average molecular weight is 328 g/mol. The summed E-state index contributed by atoms with van der Waals surface area (Å²) in [6.07, 6.45) is 6.76. The van der Waals surface area contributed by atoms with E-state index in [0.717, 1.165) is 40.7 Å². The van der Waals surface area contributed by atoms with E-state index in [0.29, 0.717) is 12.5 Å². The van der Waals surface area contributed by atoms with Crippen LogP contribution in [-0.4, -0.2) is 19.3 Å². The first-order valence-corrected chi connectivity index (χ1v) is 8.83. The standard InChI is InChI=1S/C17H20N4OS/c1-10-4-5-13-14(6-10)23-16-15(13)17(22)21(9-18-16)8-12-7-19-20(3)11(12)2/h7,9-10H,4-6,8H2,1-3H3. The predicted molar refractivity (Wildman–Crippen MR) is 92.1 cm³/mol. The van der Waals surface area contributed by atoms with Crippen LogP contribution in [0.4, 0.5) is 0 Å². The molecule has 1 atom stereocenters. The third kappa shape index (κ3) is 2.32. The number of aryl methyl sites for hydroxylation is 2. The van der Waals surface area contributed by atoms with Crippen LogP contribution in [0.1, 0.15) is 35.0 Å². The van der Waals surface area contributed by atoms with Crippen molar-refractivity contribution in [3.05, 3.63) is 44.6 Å². The van der Waals surface area contributed by atoms with Crippen molar-refractivity contribution in [1.82, 2.24) is 19.3 Å². The molecule has 120 valence electrons. The molecule has 0 bridgehead atoms. The Labute approximate surface area is 138 Å². The Kier molecular flexibility index (Phi) is 3.37. The zero-order valence-electron chi connectivity index (χ0n) is 13.7. The SMILES string of the molecule is Cc1c(Cn2cnc3sc4c(c3c2=O)CCC(C)C4)cnn1C. The van der Waals surface area contributed by atoms with E-state index in [9.17, 15) is 4.79 Å². The maximum Gasteiger partial charge on any atom is 0.262 e.